The molecule has 60 heavy (non-hydrogen) atoms. The van der Waals surface area contributed by atoms with Crippen LogP contribution >= 0.6 is 0 Å². The van der Waals surface area contributed by atoms with Gasteiger partial charge in [0.05, 0.1) is 76.3 Å². The molecule has 1 aromatic carbocycles. The number of carbonyl (C=O) groups excluding carboxylic acids is 6. The monoisotopic (exact) mass is 846 g/mol. The first-order valence-corrected chi connectivity index (χ1v) is 22.5. The molecule has 0 saturated carbocycles. The molecule has 1 aromatic rings. The average molecular weight is 846 g/mol. The third-order valence-electron chi connectivity index (χ3n) is 10.4. The van der Waals surface area contributed by atoms with Gasteiger partial charge < -0.3 is 33.7 Å². The van der Waals surface area contributed by atoms with E-state index < -0.39 is 29.7 Å². The first-order chi connectivity index (χ1) is 29.3. The fraction of sp³-hybridized carbons (Fsp3) is 0.733. The van der Waals surface area contributed by atoms with Crippen LogP contribution in [-0.2, 0) is 47.6 Å². The second kappa shape index (κ2) is 32.0. The van der Waals surface area contributed by atoms with Crippen molar-refractivity contribution in [2.24, 2.45) is 0 Å². The Hall–Kier alpha value is -3.76. The smallest absolute Gasteiger partial charge is 0.305 e. The molecule has 1 atom stereocenters. The number of rotatable bonds is 37. The van der Waals surface area contributed by atoms with Crippen LogP contribution in [0.2, 0.25) is 0 Å². The molecule has 15 nitrogen and oxygen atoms in total. The Morgan fingerprint density at radius 1 is 0.617 bits per heavy atom. The number of imide groups is 2. The SMILES string of the molecule is CCCCCCCCCCCCCCCC(=O)OCCOCCOCCOCCOCCOCCCCCC(=O)Nc1cccc2c1C(=O)N(C1CCC(=O)NC1=O)C2=O. The molecule has 0 bridgehead atoms. The number of piperidine rings is 1. The number of esters is 1. The third kappa shape index (κ3) is 20.7. The van der Waals surface area contributed by atoms with Crippen LogP contribution < -0.4 is 10.6 Å². The quantitative estimate of drug-likeness (QED) is 0.0411. The summed E-state index contributed by atoms with van der Waals surface area (Å²) in [6, 6.07) is 3.53. The number of unbranched alkanes of at least 4 members (excludes halogenated alkanes) is 14. The number of anilines is 1. The zero-order chi connectivity index (χ0) is 43.0. The van der Waals surface area contributed by atoms with Gasteiger partial charge in [-0.1, -0.05) is 96.5 Å². The van der Waals surface area contributed by atoms with Crippen molar-refractivity contribution < 1.29 is 57.2 Å². The highest BCUT2D eigenvalue weighted by Gasteiger charge is 2.45. The molecule has 5 amide bonds. The number of hydrogen-bond donors (Lipinski definition) is 2. The van der Waals surface area contributed by atoms with Gasteiger partial charge >= 0.3 is 5.97 Å². The van der Waals surface area contributed by atoms with E-state index in [0.29, 0.717) is 78.9 Å². The average Bonchev–Trinajstić information content (AvgIpc) is 3.49. The molecule has 338 valence electrons. The lowest BCUT2D eigenvalue weighted by atomic mass is 10.0. The molecule has 0 spiro atoms. The maximum absolute atomic E-state index is 13.2. The van der Waals surface area contributed by atoms with Crippen molar-refractivity contribution >= 4 is 41.2 Å². The van der Waals surface area contributed by atoms with Crippen molar-refractivity contribution in [3.63, 3.8) is 0 Å². The largest absolute Gasteiger partial charge is 0.463 e. The minimum Gasteiger partial charge on any atom is -0.463 e. The van der Waals surface area contributed by atoms with Gasteiger partial charge in [0, 0.05) is 25.9 Å². The van der Waals surface area contributed by atoms with Crippen LogP contribution in [0.1, 0.15) is 156 Å². The van der Waals surface area contributed by atoms with Crippen LogP contribution in [0.15, 0.2) is 18.2 Å². The summed E-state index contributed by atoms with van der Waals surface area (Å²) in [4.78, 5) is 75.5. The summed E-state index contributed by atoms with van der Waals surface area (Å²) in [5.41, 5.74) is 0.385. The standard InChI is InChI=1S/C45H71N3O12/c1-2-3-4-5-6-7-8-9-10-11-12-13-16-22-41(51)60-35-34-59-33-32-58-31-30-57-29-28-56-27-26-55-25-17-14-15-21-39(49)46-37-20-18-19-36-42(37)45(54)48(44(36)53)38-23-24-40(50)47-43(38)52/h18-20,38H,2-17,21-35H2,1H3,(H,46,49)(H,47,50,52). The van der Waals surface area contributed by atoms with E-state index in [9.17, 15) is 28.8 Å². The number of benzene rings is 1. The molecule has 1 fully saturated rings. The summed E-state index contributed by atoms with van der Waals surface area (Å²) in [5.74, 6) is -2.86. The topological polar surface area (TPSA) is 185 Å². The molecule has 3 rings (SSSR count). The summed E-state index contributed by atoms with van der Waals surface area (Å²) in [7, 11) is 0. The highest BCUT2D eigenvalue weighted by molar-refractivity contribution is 6.26. The van der Waals surface area contributed by atoms with Crippen molar-refractivity contribution in [1.29, 1.82) is 0 Å². The van der Waals surface area contributed by atoms with Crippen molar-refractivity contribution in [2.75, 3.05) is 78.0 Å². The first kappa shape index (κ1) is 50.6. The normalized spacial score (nSPS) is 15.1. The van der Waals surface area contributed by atoms with Gasteiger partial charge in [-0.3, -0.25) is 39.0 Å². The molecule has 2 aliphatic rings. The number of nitrogens with zero attached hydrogens (tertiary/aromatic N) is 1. The highest BCUT2D eigenvalue weighted by Crippen LogP contribution is 2.32. The van der Waals surface area contributed by atoms with E-state index in [-0.39, 0.29) is 54.6 Å². The lowest BCUT2D eigenvalue weighted by Gasteiger charge is -2.27. The van der Waals surface area contributed by atoms with Crippen LogP contribution in [0.25, 0.3) is 0 Å². The molecule has 0 radical (unpaired) electrons. The van der Waals surface area contributed by atoms with Crippen molar-refractivity contribution in [3.8, 4) is 0 Å². The van der Waals surface area contributed by atoms with Crippen LogP contribution in [0.3, 0.4) is 0 Å². The van der Waals surface area contributed by atoms with Gasteiger partial charge in [0.2, 0.25) is 17.7 Å². The van der Waals surface area contributed by atoms with Gasteiger partial charge in [-0.25, -0.2) is 0 Å². The van der Waals surface area contributed by atoms with E-state index in [4.69, 9.17) is 28.4 Å². The summed E-state index contributed by atoms with van der Waals surface area (Å²) in [6.07, 6.45) is 19.6. The van der Waals surface area contributed by atoms with E-state index in [0.717, 1.165) is 30.6 Å². The molecular formula is C45H71N3O12. The van der Waals surface area contributed by atoms with Gasteiger partial charge in [-0.05, 0) is 37.8 Å². The Morgan fingerprint density at radius 2 is 1.12 bits per heavy atom. The highest BCUT2D eigenvalue weighted by atomic mass is 16.6. The Labute approximate surface area is 356 Å². The number of nitrogens with one attached hydrogen (secondary N) is 2. The maximum Gasteiger partial charge on any atom is 0.305 e. The van der Waals surface area contributed by atoms with Crippen LogP contribution in [0.5, 0.6) is 0 Å². The Morgan fingerprint density at radius 3 is 1.68 bits per heavy atom. The van der Waals surface area contributed by atoms with Crippen LogP contribution in [0, 0.1) is 0 Å². The first-order valence-electron chi connectivity index (χ1n) is 22.5. The van der Waals surface area contributed by atoms with Crippen molar-refractivity contribution in [2.45, 2.75) is 141 Å². The summed E-state index contributed by atoms with van der Waals surface area (Å²) in [5, 5.41) is 4.91. The minimum absolute atomic E-state index is 0.0291. The predicted octanol–water partition coefficient (Wildman–Crippen LogP) is 6.69. The van der Waals surface area contributed by atoms with E-state index in [1.807, 2.05) is 0 Å². The van der Waals surface area contributed by atoms with E-state index in [2.05, 4.69) is 17.6 Å². The third-order valence-corrected chi connectivity index (χ3v) is 10.4. The fourth-order valence-electron chi connectivity index (χ4n) is 7.05. The molecule has 1 saturated heterocycles. The van der Waals surface area contributed by atoms with Gasteiger partial charge in [-0.2, -0.15) is 0 Å². The molecule has 2 aliphatic heterocycles. The molecule has 2 N–H and O–H groups in total. The number of ether oxygens (including phenoxy) is 6. The predicted molar refractivity (Wildman–Crippen MR) is 226 cm³/mol. The van der Waals surface area contributed by atoms with Gasteiger partial charge in [0.25, 0.3) is 11.8 Å². The number of fused-ring (bicyclic) bond motifs is 1. The Bertz CT molecular complexity index is 1440. The zero-order valence-electron chi connectivity index (χ0n) is 36.1. The fourth-order valence-corrected chi connectivity index (χ4v) is 7.05. The Balaban J connectivity index is 1.02. The minimum atomic E-state index is -1.07. The lowest BCUT2D eigenvalue weighted by molar-refractivity contribution is -0.145. The number of hydrogen-bond acceptors (Lipinski definition) is 12. The molecule has 0 aromatic heterocycles. The molecule has 1 unspecified atom stereocenters. The summed E-state index contributed by atoms with van der Waals surface area (Å²) in [6.45, 7) is 6.95. The summed E-state index contributed by atoms with van der Waals surface area (Å²) >= 11 is 0. The number of amides is 5. The van der Waals surface area contributed by atoms with E-state index in [1.165, 1.54) is 76.7 Å². The van der Waals surface area contributed by atoms with Crippen molar-refractivity contribution in [3.05, 3.63) is 29.3 Å². The van der Waals surface area contributed by atoms with Gasteiger partial charge in [0.1, 0.15) is 12.6 Å². The Kier molecular flexibility index (Phi) is 27.0. The van der Waals surface area contributed by atoms with E-state index >= 15 is 0 Å². The molecule has 2 heterocycles. The molecule has 15 heteroatoms. The maximum atomic E-state index is 13.2. The van der Waals surface area contributed by atoms with Gasteiger partial charge in [0.15, 0.2) is 0 Å². The second-order valence-electron chi connectivity index (χ2n) is 15.3. The summed E-state index contributed by atoms with van der Waals surface area (Å²) < 4.78 is 32.9. The van der Waals surface area contributed by atoms with E-state index in [1.54, 1.807) is 12.1 Å². The van der Waals surface area contributed by atoms with Crippen LogP contribution in [-0.4, -0.2) is 119 Å². The molecule has 0 aliphatic carbocycles. The lowest BCUT2D eigenvalue weighted by Crippen LogP contribution is -2.54. The zero-order valence-corrected chi connectivity index (χ0v) is 36.1. The second-order valence-corrected chi connectivity index (χ2v) is 15.3. The van der Waals surface area contributed by atoms with Crippen molar-refractivity contribution in [1.82, 2.24) is 10.2 Å². The number of carbonyl (C=O) groups is 6. The van der Waals surface area contributed by atoms with Crippen LogP contribution in [0.4, 0.5) is 5.69 Å². The van der Waals surface area contributed by atoms with Gasteiger partial charge in [-0.15, -0.1) is 0 Å². The molecular weight excluding hydrogens is 775 g/mol.